The van der Waals surface area contributed by atoms with Gasteiger partial charge in [0.2, 0.25) is 0 Å². The normalized spacial score (nSPS) is 11.7. The lowest BCUT2D eigenvalue weighted by atomic mass is 9.98. The van der Waals surface area contributed by atoms with Gasteiger partial charge in [-0.25, -0.2) is 15.0 Å². The Morgan fingerprint density at radius 1 is 0.100 bits per heavy atom. The fourth-order valence-electron chi connectivity index (χ4n) is 23.2. The Labute approximate surface area is 865 Å². The first-order valence-corrected chi connectivity index (χ1v) is 51.2. The summed E-state index contributed by atoms with van der Waals surface area (Å²) < 4.78 is 14.4. The summed E-state index contributed by atoms with van der Waals surface area (Å²) in [5, 5.41) is 14.7. The monoisotopic (exact) mass is 1910 g/mol. The molecule has 30 aromatic rings. The van der Waals surface area contributed by atoms with Gasteiger partial charge in [-0.15, -0.1) is 0 Å². The molecule has 0 saturated heterocycles. The Hall–Kier alpha value is -20.1. The molecule has 0 fully saturated rings. The van der Waals surface area contributed by atoms with Gasteiger partial charge in [-0.2, -0.15) is 0 Å². The van der Waals surface area contributed by atoms with Crippen molar-refractivity contribution in [2.45, 2.75) is 0 Å². The average molecular weight is 1910 g/mol. The zero-order valence-electron chi connectivity index (χ0n) is 81.6. The molecule has 8 heterocycles. The van der Waals surface area contributed by atoms with Crippen molar-refractivity contribution in [3.63, 3.8) is 0 Å². The first-order valence-electron chi connectivity index (χ1n) is 51.2. The summed E-state index contributed by atoms with van der Waals surface area (Å²) >= 11 is 0. The molecule has 0 bridgehead atoms. The summed E-state index contributed by atoms with van der Waals surface area (Å²) in [4.78, 5) is 15.4. The van der Waals surface area contributed by atoms with E-state index in [4.69, 9.17) is 15.0 Å². The molecule has 9 heteroatoms. The molecule has 0 aliphatic rings. The van der Waals surface area contributed by atoms with Crippen molar-refractivity contribution in [3.8, 4) is 146 Å². The highest BCUT2D eigenvalue weighted by Crippen LogP contribution is 2.47. The molecule has 0 amide bonds. The molecule has 8 aromatic heterocycles. The van der Waals surface area contributed by atoms with Crippen LogP contribution in [0.3, 0.4) is 0 Å². The highest BCUT2D eigenvalue weighted by Gasteiger charge is 2.25. The van der Waals surface area contributed by atoms with E-state index >= 15 is 0 Å². The zero-order chi connectivity index (χ0) is 98.8. The van der Waals surface area contributed by atoms with Crippen LogP contribution >= 0.6 is 0 Å². The highest BCUT2D eigenvalue weighted by molar-refractivity contribution is 6.18. The number of aromatic nitrogens is 9. The van der Waals surface area contributed by atoms with Crippen LogP contribution in [0, 0.1) is 0 Å². The van der Waals surface area contributed by atoms with E-state index in [2.05, 4.69) is 555 Å². The predicted octanol–water partition coefficient (Wildman–Crippen LogP) is 36.8. The van der Waals surface area contributed by atoms with Gasteiger partial charge < -0.3 is 27.4 Å². The van der Waals surface area contributed by atoms with E-state index in [-0.39, 0.29) is 0 Å². The number of fused-ring (bicyclic) bond motifs is 18. The van der Waals surface area contributed by atoms with E-state index in [1.54, 1.807) is 0 Å². The second-order valence-corrected chi connectivity index (χ2v) is 38.9. The summed E-state index contributed by atoms with van der Waals surface area (Å²) in [7, 11) is 0. The molecule has 0 unspecified atom stereocenters. The molecule has 0 aliphatic heterocycles. The number of para-hydroxylation sites is 8. The van der Waals surface area contributed by atoms with Gasteiger partial charge in [-0.1, -0.05) is 340 Å². The third-order valence-electron chi connectivity index (χ3n) is 30.3. The Bertz CT molecular complexity index is 9390. The predicted molar refractivity (Wildman–Crippen MR) is 627 cm³/mol. The van der Waals surface area contributed by atoms with Gasteiger partial charge in [0.25, 0.3) is 0 Å². The van der Waals surface area contributed by atoms with E-state index in [1.807, 2.05) is 24.3 Å². The summed E-state index contributed by atoms with van der Waals surface area (Å²) in [6.07, 6.45) is 0. The quantitative estimate of drug-likeness (QED) is 0.0968. The third kappa shape index (κ3) is 14.9. The molecule has 0 spiro atoms. The lowest BCUT2D eigenvalue weighted by Crippen LogP contribution is -1.97. The number of pyridine rings is 1. The maximum absolute atomic E-state index is 5.16. The standard InChI is InChI=1S/C71H46N4.C70H45N5/c1-5-17-48(18-6-1)64-45-54(46-65(72-64)49-19-7-2-8-20-49)47-29-35-57(36-30-47)75-70-39-33-52(50-31-37-68-60(41-50)58-25-13-15-27-66(58)73(68)55-21-9-3-10-22-55)43-62(70)63-44-53(34-40-71(63)75)51-32-38-69-61(42-51)59-26-14-16-28-67(59)74(69)56-23-11-4-12-24-56;1-5-17-46(18-6-1)62-45-63(72-70(71-62)48-19-7-2-8-20-48)47-29-35-55(36-30-47)75-68-39-33-51(49-31-37-66-58(41-49)56-25-13-15-27-64(56)73(66)53-21-9-3-10-22-53)43-60(68)61-44-52(34-40-69(61)75)50-32-38-67-59(42-50)57-26-14-16-28-65(57)74(67)54-23-11-4-12-24-54/h1-46H;1-45H. The van der Waals surface area contributed by atoms with Gasteiger partial charge in [0.15, 0.2) is 5.82 Å². The number of nitrogens with zero attached hydrogens (tertiary/aromatic N) is 9. The smallest absolute Gasteiger partial charge is 0.160 e. The second-order valence-electron chi connectivity index (χ2n) is 38.9. The van der Waals surface area contributed by atoms with Crippen LogP contribution in [0.1, 0.15) is 0 Å². The molecule has 9 nitrogen and oxygen atoms in total. The lowest BCUT2D eigenvalue weighted by Gasteiger charge is -2.12. The molecule has 700 valence electrons. The van der Waals surface area contributed by atoms with Gasteiger partial charge in [0, 0.05) is 127 Å². The van der Waals surface area contributed by atoms with E-state index in [0.717, 1.165) is 118 Å². The topological polar surface area (TPSA) is 68.2 Å². The van der Waals surface area contributed by atoms with Crippen molar-refractivity contribution in [3.05, 3.63) is 552 Å². The van der Waals surface area contributed by atoms with Crippen molar-refractivity contribution in [1.82, 2.24) is 42.4 Å². The van der Waals surface area contributed by atoms with Crippen molar-refractivity contribution < 1.29 is 0 Å². The molecule has 0 radical (unpaired) electrons. The molecular weight excluding hydrogens is 1820 g/mol. The van der Waals surface area contributed by atoms with Crippen LogP contribution in [0.5, 0.6) is 0 Å². The Morgan fingerprint density at radius 3 is 0.520 bits per heavy atom. The molecule has 0 aliphatic carbocycles. The fraction of sp³-hybridized carbons (Fsp3) is 0. The molecule has 22 aromatic carbocycles. The minimum atomic E-state index is 0.701. The number of hydrogen-bond donors (Lipinski definition) is 0. The van der Waals surface area contributed by atoms with Crippen molar-refractivity contribution in [1.29, 1.82) is 0 Å². The zero-order valence-corrected chi connectivity index (χ0v) is 81.6. The van der Waals surface area contributed by atoms with Crippen LogP contribution < -0.4 is 0 Å². The van der Waals surface area contributed by atoms with Crippen LogP contribution in [-0.4, -0.2) is 42.4 Å². The second kappa shape index (κ2) is 36.0. The van der Waals surface area contributed by atoms with Crippen molar-refractivity contribution in [2.75, 3.05) is 0 Å². The largest absolute Gasteiger partial charge is 0.309 e. The number of rotatable bonds is 16. The average Bonchev–Trinajstić information content (AvgIpc) is 1.57. The molecular formula is C141H91N9. The first-order chi connectivity index (χ1) is 74.4. The molecule has 150 heavy (non-hydrogen) atoms. The Balaban J connectivity index is 0.000000141. The molecule has 0 atom stereocenters. The highest BCUT2D eigenvalue weighted by atomic mass is 15.0. The summed E-state index contributed by atoms with van der Waals surface area (Å²) in [5.41, 5.74) is 41.5. The van der Waals surface area contributed by atoms with E-state index in [9.17, 15) is 0 Å². The van der Waals surface area contributed by atoms with Crippen LogP contribution in [0.2, 0.25) is 0 Å². The van der Waals surface area contributed by atoms with Crippen molar-refractivity contribution in [2.24, 2.45) is 0 Å². The van der Waals surface area contributed by atoms with Gasteiger partial charge in [0.1, 0.15) is 0 Å². The third-order valence-corrected chi connectivity index (χ3v) is 30.3. The van der Waals surface area contributed by atoms with E-state index in [1.165, 1.54) is 153 Å². The van der Waals surface area contributed by atoms with Crippen LogP contribution in [0.4, 0.5) is 0 Å². The number of benzene rings is 22. The first kappa shape index (κ1) is 86.5. The molecule has 30 rings (SSSR count). The van der Waals surface area contributed by atoms with Gasteiger partial charge >= 0.3 is 0 Å². The Kier molecular flexibility index (Phi) is 20.8. The minimum Gasteiger partial charge on any atom is -0.309 e. The molecule has 0 saturated carbocycles. The maximum atomic E-state index is 5.16. The molecule has 0 N–H and O–H groups in total. The summed E-state index contributed by atoms with van der Waals surface area (Å²) in [6.45, 7) is 0. The van der Waals surface area contributed by atoms with Crippen LogP contribution in [0.15, 0.2) is 552 Å². The Morgan fingerprint density at radius 2 is 0.273 bits per heavy atom. The SMILES string of the molecule is c1ccc(-c2cc(-c3ccc(-n4c5ccc(-c6ccc7c(c6)c6ccccc6n7-c6ccccc6)cc5c5cc(-c6ccc7c(c6)c6ccccc6n7-c6ccccc6)ccc54)cc3)cc(-c3ccccc3)n2)cc1.c1ccc(-c2cc(-c3ccc(-n4c5ccc(-c6ccc7c(c6)c6ccccc6n7-c6ccccc6)cc5c5cc(-c6ccc7c(c6)c6ccccc6n7-c6ccccc6)ccc54)cc3)nc(-c3ccccc3)n2)cc1. The number of hydrogen-bond acceptors (Lipinski definition) is 3. The van der Waals surface area contributed by atoms with E-state index < -0.39 is 0 Å². The summed E-state index contributed by atoms with van der Waals surface area (Å²) in [5.74, 6) is 0.701. The summed E-state index contributed by atoms with van der Waals surface area (Å²) in [6, 6.07) is 200. The van der Waals surface area contributed by atoms with Crippen molar-refractivity contribution >= 4 is 131 Å². The fourth-order valence-corrected chi connectivity index (χ4v) is 23.2. The van der Waals surface area contributed by atoms with E-state index in [0.29, 0.717) is 5.82 Å². The maximum Gasteiger partial charge on any atom is 0.160 e. The van der Waals surface area contributed by atoms with Gasteiger partial charge in [-0.05, 0) is 268 Å². The lowest BCUT2D eigenvalue weighted by molar-refractivity contribution is 1.17. The van der Waals surface area contributed by atoms with Crippen LogP contribution in [-0.2, 0) is 0 Å². The van der Waals surface area contributed by atoms with Crippen LogP contribution in [0.25, 0.3) is 277 Å². The van der Waals surface area contributed by atoms with Gasteiger partial charge in [0.05, 0.1) is 89.0 Å². The van der Waals surface area contributed by atoms with Gasteiger partial charge in [-0.3, -0.25) is 0 Å². The minimum absolute atomic E-state index is 0.701.